The monoisotopic (exact) mass is 367 g/mol. The van der Waals surface area contributed by atoms with Crippen LogP contribution in [0, 0.1) is 0 Å². The molecule has 0 atom stereocenters. The summed E-state index contributed by atoms with van der Waals surface area (Å²) in [6.45, 7) is 2.26. The predicted octanol–water partition coefficient (Wildman–Crippen LogP) is -0.0910. The van der Waals surface area contributed by atoms with Gasteiger partial charge in [0.1, 0.15) is 5.75 Å². The molecule has 0 radical (unpaired) electrons. The van der Waals surface area contributed by atoms with Gasteiger partial charge in [0.25, 0.3) is 0 Å². The van der Waals surface area contributed by atoms with E-state index in [2.05, 4.69) is 4.98 Å². The Hall–Kier alpha value is -1.09. The van der Waals surface area contributed by atoms with Crippen LogP contribution < -0.4 is 39.4 Å². The number of aromatic carboxylic acids is 1. The molecule has 1 aromatic carbocycles. The Morgan fingerprint density at radius 1 is 1.38 bits per heavy atom. The van der Waals surface area contributed by atoms with E-state index in [0.717, 1.165) is 23.5 Å². The number of nitrogens with zero attached hydrogens (tertiary/aromatic N) is 1. The quantitative estimate of drug-likeness (QED) is 0.670. The molecule has 0 amide bonds. The van der Waals surface area contributed by atoms with Crippen molar-refractivity contribution in [1.82, 2.24) is 4.98 Å². The van der Waals surface area contributed by atoms with Crippen molar-refractivity contribution in [3.05, 3.63) is 45.4 Å². The average Bonchev–Trinajstić information content (AvgIpc) is 2.93. The Morgan fingerprint density at radius 3 is 2.62 bits per heavy atom. The molecular formula is C15H13F3NNaO3S. The van der Waals surface area contributed by atoms with E-state index in [-0.39, 0.29) is 41.7 Å². The number of carboxylic acid groups (broad SMARTS) is 1. The molecule has 1 heterocycles. The second-order valence-electron chi connectivity index (χ2n) is 4.76. The van der Waals surface area contributed by atoms with Crippen molar-refractivity contribution in [2.45, 2.75) is 25.9 Å². The van der Waals surface area contributed by atoms with Crippen molar-refractivity contribution >= 4 is 17.3 Å². The third kappa shape index (κ3) is 5.47. The zero-order valence-electron chi connectivity index (χ0n) is 13.1. The summed E-state index contributed by atoms with van der Waals surface area (Å²) >= 11 is 1.05. The molecule has 0 aliphatic rings. The molecule has 0 N–H and O–H groups in total. The molecule has 0 aliphatic carbocycles. The van der Waals surface area contributed by atoms with Gasteiger partial charge in [0.05, 0.1) is 28.8 Å². The fraction of sp³-hybridized carbons (Fsp3) is 0.333. The number of benzene rings is 1. The maximum absolute atomic E-state index is 12.9. The van der Waals surface area contributed by atoms with Gasteiger partial charge in [-0.15, -0.1) is 11.3 Å². The van der Waals surface area contributed by atoms with E-state index >= 15 is 0 Å². The Bertz CT molecular complexity index is 704. The first-order chi connectivity index (χ1) is 10.8. The SMILES string of the molecule is CCCOc1ccc(C(F)(F)F)cc1Cc1nc(C(=O)[O-])cs1.[Na+]. The first kappa shape index (κ1) is 21.0. The Morgan fingerprint density at radius 2 is 2.08 bits per heavy atom. The van der Waals surface area contributed by atoms with Gasteiger partial charge in [0, 0.05) is 17.4 Å². The first-order valence-electron chi connectivity index (χ1n) is 6.80. The summed E-state index contributed by atoms with van der Waals surface area (Å²) in [4.78, 5) is 14.6. The molecule has 0 fully saturated rings. The van der Waals surface area contributed by atoms with Crippen LogP contribution in [0.1, 0.15) is 40.0 Å². The van der Waals surface area contributed by atoms with Gasteiger partial charge in [-0.2, -0.15) is 13.2 Å². The molecular weight excluding hydrogens is 354 g/mol. The molecule has 4 nitrogen and oxygen atoms in total. The molecule has 0 spiro atoms. The molecule has 2 rings (SSSR count). The third-order valence-electron chi connectivity index (χ3n) is 2.95. The minimum atomic E-state index is -4.46. The fourth-order valence-corrected chi connectivity index (χ4v) is 2.68. The number of thiazole rings is 1. The molecule has 0 bridgehead atoms. The standard InChI is InChI=1S/C15H14F3NO3S.Na/c1-2-5-22-12-4-3-10(15(16,17)18)6-9(12)7-13-19-11(8-23-13)14(20)21;/h3-4,6,8H,2,5,7H2,1H3,(H,20,21);/q;+1/p-1. The summed E-state index contributed by atoms with van der Waals surface area (Å²) in [5.41, 5.74) is -0.700. The van der Waals surface area contributed by atoms with Crippen LogP contribution in [0.5, 0.6) is 5.75 Å². The smallest absolute Gasteiger partial charge is 0.543 e. The topological polar surface area (TPSA) is 62.2 Å². The van der Waals surface area contributed by atoms with Gasteiger partial charge in [0.15, 0.2) is 0 Å². The third-order valence-corrected chi connectivity index (χ3v) is 3.80. The van der Waals surface area contributed by atoms with E-state index < -0.39 is 17.7 Å². The van der Waals surface area contributed by atoms with Gasteiger partial charge in [-0.25, -0.2) is 4.98 Å². The number of hydrogen-bond acceptors (Lipinski definition) is 5. The van der Waals surface area contributed by atoms with E-state index in [0.29, 0.717) is 29.3 Å². The zero-order valence-corrected chi connectivity index (χ0v) is 16.0. The maximum Gasteiger partial charge on any atom is 1.00 e. The number of hydrogen-bond donors (Lipinski definition) is 0. The number of carboxylic acids is 1. The summed E-state index contributed by atoms with van der Waals surface area (Å²) in [5, 5.41) is 12.4. The normalized spacial score (nSPS) is 11.0. The number of aromatic nitrogens is 1. The number of halogens is 3. The maximum atomic E-state index is 12.9. The summed E-state index contributed by atoms with van der Waals surface area (Å²) in [5.74, 6) is -1.08. The van der Waals surface area contributed by atoms with Crippen LogP contribution in [0.3, 0.4) is 0 Å². The van der Waals surface area contributed by atoms with Gasteiger partial charge in [0.2, 0.25) is 0 Å². The van der Waals surface area contributed by atoms with Gasteiger partial charge in [-0.05, 0) is 24.6 Å². The minimum Gasteiger partial charge on any atom is -0.543 e. The van der Waals surface area contributed by atoms with Crippen molar-refractivity contribution in [2.75, 3.05) is 6.61 Å². The van der Waals surface area contributed by atoms with E-state index in [1.807, 2.05) is 6.92 Å². The molecule has 24 heavy (non-hydrogen) atoms. The Kier molecular flexibility index (Phi) is 7.72. The molecule has 0 saturated heterocycles. The van der Waals surface area contributed by atoms with E-state index in [9.17, 15) is 23.1 Å². The van der Waals surface area contributed by atoms with Crippen LogP contribution in [0.25, 0.3) is 0 Å². The molecule has 124 valence electrons. The van der Waals surface area contributed by atoms with Gasteiger partial charge < -0.3 is 14.6 Å². The Labute approximate surface area is 163 Å². The van der Waals surface area contributed by atoms with Crippen molar-refractivity contribution in [3.63, 3.8) is 0 Å². The number of carbonyl (C=O) groups is 1. The van der Waals surface area contributed by atoms with E-state index in [4.69, 9.17) is 4.74 Å². The van der Waals surface area contributed by atoms with Crippen LogP contribution >= 0.6 is 11.3 Å². The molecule has 1 aromatic heterocycles. The molecule has 0 saturated carbocycles. The number of ether oxygens (including phenoxy) is 1. The van der Waals surface area contributed by atoms with Crippen LogP contribution in [0.15, 0.2) is 23.6 Å². The number of rotatable bonds is 6. The second kappa shape index (κ2) is 8.84. The second-order valence-corrected chi connectivity index (χ2v) is 5.70. The fourth-order valence-electron chi connectivity index (χ4n) is 1.90. The van der Waals surface area contributed by atoms with Crippen molar-refractivity contribution in [3.8, 4) is 5.75 Å². The zero-order chi connectivity index (χ0) is 17.0. The summed E-state index contributed by atoms with van der Waals surface area (Å²) < 4.78 is 44.0. The molecule has 0 unspecified atom stereocenters. The molecule has 2 aromatic rings. The van der Waals surface area contributed by atoms with Crippen molar-refractivity contribution < 1.29 is 57.4 Å². The van der Waals surface area contributed by atoms with Gasteiger partial charge in [-0.3, -0.25) is 0 Å². The van der Waals surface area contributed by atoms with Crippen molar-refractivity contribution in [2.24, 2.45) is 0 Å². The first-order valence-corrected chi connectivity index (χ1v) is 7.68. The van der Waals surface area contributed by atoms with E-state index in [1.165, 1.54) is 11.4 Å². The van der Waals surface area contributed by atoms with Gasteiger partial charge in [-0.1, -0.05) is 6.92 Å². The predicted molar refractivity (Wildman–Crippen MR) is 76.5 cm³/mol. The summed E-state index contributed by atoms with van der Waals surface area (Å²) in [6, 6.07) is 3.25. The largest absolute Gasteiger partial charge is 1.00 e. The van der Waals surface area contributed by atoms with Crippen LogP contribution in [0.2, 0.25) is 0 Å². The van der Waals surface area contributed by atoms with Crippen LogP contribution in [0.4, 0.5) is 13.2 Å². The Balaban J connectivity index is 0.00000288. The van der Waals surface area contributed by atoms with Gasteiger partial charge >= 0.3 is 35.7 Å². The summed E-state index contributed by atoms with van der Waals surface area (Å²) in [7, 11) is 0. The van der Waals surface area contributed by atoms with Crippen LogP contribution in [-0.2, 0) is 12.6 Å². The van der Waals surface area contributed by atoms with E-state index in [1.54, 1.807) is 0 Å². The minimum absolute atomic E-state index is 0. The average molecular weight is 367 g/mol. The molecule has 9 heteroatoms. The van der Waals surface area contributed by atoms with Crippen LogP contribution in [-0.4, -0.2) is 17.6 Å². The number of alkyl halides is 3. The summed E-state index contributed by atoms with van der Waals surface area (Å²) in [6.07, 6.45) is -3.69. The molecule has 0 aliphatic heterocycles. The number of carbonyl (C=O) groups excluding carboxylic acids is 1. The van der Waals surface area contributed by atoms with Crippen molar-refractivity contribution in [1.29, 1.82) is 0 Å².